The molecule has 1 saturated heterocycles. The molecule has 136 valence electrons. The first-order chi connectivity index (χ1) is 12.4. The summed E-state index contributed by atoms with van der Waals surface area (Å²) < 4.78 is 13.5. The molecule has 2 aromatic carbocycles. The Labute approximate surface area is 153 Å². The molecule has 3 aromatic rings. The van der Waals surface area contributed by atoms with E-state index >= 15 is 0 Å². The number of aromatic amines is 1. The largest absolute Gasteiger partial charge is 0.385 e. The SMILES string of the molecule is Cc1ccc(C2(O)CCN(Cc3[nH]c4ccc(F)cc4c3C)CC2)cc1. The highest BCUT2D eigenvalue weighted by Crippen LogP contribution is 2.34. The minimum Gasteiger partial charge on any atom is -0.385 e. The van der Waals surface area contributed by atoms with Crippen molar-refractivity contribution in [2.75, 3.05) is 13.1 Å². The van der Waals surface area contributed by atoms with Crippen LogP contribution in [0.1, 0.15) is 35.2 Å². The van der Waals surface area contributed by atoms with Gasteiger partial charge < -0.3 is 10.1 Å². The van der Waals surface area contributed by atoms with Crippen LogP contribution in [-0.4, -0.2) is 28.1 Å². The van der Waals surface area contributed by atoms with E-state index < -0.39 is 5.60 Å². The molecule has 1 aromatic heterocycles. The number of aryl methyl sites for hydroxylation is 2. The molecule has 0 radical (unpaired) electrons. The zero-order valence-corrected chi connectivity index (χ0v) is 15.3. The number of likely N-dealkylation sites (tertiary alicyclic amines) is 1. The first kappa shape index (κ1) is 17.3. The fourth-order valence-electron chi connectivity index (χ4n) is 3.97. The monoisotopic (exact) mass is 352 g/mol. The summed E-state index contributed by atoms with van der Waals surface area (Å²) >= 11 is 0. The maximum absolute atomic E-state index is 13.5. The zero-order valence-electron chi connectivity index (χ0n) is 15.3. The van der Waals surface area contributed by atoms with Gasteiger partial charge in [-0.05, 0) is 56.0 Å². The Balaban J connectivity index is 1.47. The lowest BCUT2D eigenvalue weighted by Crippen LogP contribution is -2.42. The third-order valence-electron chi connectivity index (χ3n) is 5.78. The highest BCUT2D eigenvalue weighted by Gasteiger charge is 2.34. The van der Waals surface area contributed by atoms with Gasteiger partial charge in [-0.2, -0.15) is 0 Å². The Hall–Kier alpha value is -2.17. The molecule has 0 atom stereocenters. The van der Waals surface area contributed by atoms with E-state index in [9.17, 15) is 9.50 Å². The lowest BCUT2D eigenvalue weighted by molar-refractivity contribution is -0.0279. The molecule has 1 aliphatic heterocycles. The van der Waals surface area contributed by atoms with Crippen LogP contribution in [0, 0.1) is 19.7 Å². The van der Waals surface area contributed by atoms with E-state index in [1.165, 1.54) is 11.6 Å². The summed E-state index contributed by atoms with van der Waals surface area (Å²) in [5.74, 6) is -0.202. The number of aliphatic hydroxyl groups is 1. The Morgan fingerprint density at radius 2 is 1.77 bits per heavy atom. The Bertz CT molecular complexity index is 921. The van der Waals surface area contributed by atoms with E-state index in [2.05, 4.69) is 28.9 Å². The number of H-pyrrole nitrogens is 1. The Morgan fingerprint density at radius 1 is 1.08 bits per heavy atom. The van der Waals surface area contributed by atoms with Crippen molar-refractivity contribution in [2.24, 2.45) is 0 Å². The van der Waals surface area contributed by atoms with Gasteiger partial charge in [0.1, 0.15) is 5.82 Å². The van der Waals surface area contributed by atoms with Gasteiger partial charge in [-0.1, -0.05) is 29.8 Å². The number of piperidine rings is 1. The second-order valence-electron chi connectivity index (χ2n) is 7.59. The molecule has 0 bridgehead atoms. The van der Waals surface area contributed by atoms with Gasteiger partial charge in [0.2, 0.25) is 0 Å². The number of fused-ring (bicyclic) bond motifs is 1. The lowest BCUT2D eigenvalue weighted by Gasteiger charge is -2.38. The maximum atomic E-state index is 13.5. The van der Waals surface area contributed by atoms with Gasteiger partial charge in [-0.3, -0.25) is 4.90 Å². The van der Waals surface area contributed by atoms with Gasteiger partial charge >= 0.3 is 0 Å². The quantitative estimate of drug-likeness (QED) is 0.733. The van der Waals surface area contributed by atoms with Crippen molar-refractivity contribution in [3.63, 3.8) is 0 Å². The van der Waals surface area contributed by atoms with Crippen molar-refractivity contribution in [1.82, 2.24) is 9.88 Å². The van der Waals surface area contributed by atoms with E-state index in [4.69, 9.17) is 0 Å². The number of aromatic nitrogens is 1. The molecule has 4 heteroatoms. The van der Waals surface area contributed by atoms with Gasteiger partial charge in [-0.25, -0.2) is 4.39 Å². The van der Waals surface area contributed by atoms with Crippen molar-refractivity contribution >= 4 is 10.9 Å². The predicted molar refractivity (Wildman–Crippen MR) is 103 cm³/mol. The van der Waals surface area contributed by atoms with Crippen LogP contribution in [0.3, 0.4) is 0 Å². The minimum absolute atomic E-state index is 0.202. The fraction of sp³-hybridized carbons (Fsp3) is 0.364. The molecule has 3 nitrogen and oxygen atoms in total. The van der Waals surface area contributed by atoms with Crippen molar-refractivity contribution < 1.29 is 9.50 Å². The van der Waals surface area contributed by atoms with Gasteiger partial charge in [-0.15, -0.1) is 0 Å². The van der Waals surface area contributed by atoms with E-state index in [1.807, 2.05) is 19.1 Å². The molecule has 1 fully saturated rings. The normalized spacial score (nSPS) is 17.7. The third-order valence-corrected chi connectivity index (χ3v) is 5.78. The average molecular weight is 352 g/mol. The summed E-state index contributed by atoms with van der Waals surface area (Å²) in [4.78, 5) is 5.78. The Kier molecular flexibility index (Phi) is 4.33. The van der Waals surface area contributed by atoms with Gasteiger partial charge in [0.25, 0.3) is 0 Å². The van der Waals surface area contributed by atoms with Crippen molar-refractivity contribution in [2.45, 2.75) is 38.8 Å². The first-order valence-corrected chi connectivity index (χ1v) is 9.23. The van der Waals surface area contributed by atoms with E-state index in [-0.39, 0.29) is 5.82 Å². The number of benzene rings is 2. The second kappa shape index (κ2) is 6.53. The predicted octanol–water partition coefficient (Wildman–Crippen LogP) is 4.41. The standard InChI is InChI=1S/C22H25FN2O/c1-15-3-5-17(6-4-15)22(26)9-11-25(12-10-22)14-21-16(2)19-13-18(23)7-8-20(19)24-21/h3-8,13,24,26H,9-12,14H2,1-2H3. The molecule has 0 aliphatic carbocycles. The van der Waals surface area contributed by atoms with Crippen molar-refractivity contribution in [3.8, 4) is 0 Å². The van der Waals surface area contributed by atoms with Crippen LogP contribution in [0.5, 0.6) is 0 Å². The first-order valence-electron chi connectivity index (χ1n) is 9.23. The summed E-state index contributed by atoms with van der Waals surface area (Å²) in [5.41, 5.74) is 4.71. The zero-order chi connectivity index (χ0) is 18.3. The summed E-state index contributed by atoms with van der Waals surface area (Å²) in [6.07, 6.45) is 1.45. The minimum atomic E-state index is -0.733. The smallest absolute Gasteiger partial charge is 0.123 e. The average Bonchev–Trinajstić information content (AvgIpc) is 2.93. The molecular weight excluding hydrogens is 327 g/mol. The number of hydrogen-bond donors (Lipinski definition) is 2. The lowest BCUT2D eigenvalue weighted by atomic mass is 9.84. The molecule has 0 amide bonds. The highest BCUT2D eigenvalue weighted by molar-refractivity contribution is 5.84. The van der Waals surface area contributed by atoms with Crippen molar-refractivity contribution in [1.29, 1.82) is 0 Å². The van der Waals surface area contributed by atoms with E-state index in [0.29, 0.717) is 0 Å². The highest BCUT2D eigenvalue weighted by atomic mass is 19.1. The van der Waals surface area contributed by atoms with E-state index in [0.717, 1.165) is 60.2 Å². The maximum Gasteiger partial charge on any atom is 0.123 e. The fourth-order valence-corrected chi connectivity index (χ4v) is 3.97. The second-order valence-corrected chi connectivity index (χ2v) is 7.59. The molecule has 1 aliphatic rings. The molecular formula is C22H25FN2O. The number of rotatable bonds is 3. The van der Waals surface area contributed by atoms with Gasteiger partial charge in [0.05, 0.1) is 5.60 Å². The number of halogens is 1. The molecule has 0 saturated carbocycles. The number of nitrogens with zero attached hydrogens (tertiary/aromatic N) is 1. The van der Waals surface area contributed by atoms with Gasteiger partial charge in [0.15, 0.2) is 0 Å². The molecule has 26 heavy (non-hydrogen) atoms. The molecule has 0 spiro atoms. The summed E-state index contributed by atoms with van der Waals surface area (Å²) in [6.45, 7) is 6.58. The van der Waals surface area contributed by atoms with Crippen LogP contribution < -0.4 is 0 Å². The topological polar surface area (TPSA) is 39.3 Å². The van der Waals surface area contributed by atoms with Crippen LogP contribution in [-0.2, 0) is 12.1 Å². The Morgan fingerprint density at radius 3 is 2.46 bits per heavy atom. The van der Waals surface area contributed by atoms with Crippen LogP contribution in [0.25, 0.3) is 10.9 Å². The third kappa shape index (κ3) is 3.15. The van der Waals surface area contributed by atoms with E-state index in [1.54, 1.807) is 12.1 Å². The summed E-state index contributed by atoms with van der Waals surface area (Å²) in [6, 6.07) is 13.1. The number of hydrogen-bond acceptors (Lipinski definition) is 2. The van der Waals surface area contributed by atoms with Crippen LogP contribution in [0.4, 0.5) is 4.39 Å². The number of nitrogens with one attached hydrogen (secondary N) is 1. The van der Waals surface area contributed by atoms with Crippen LogP contribution in [0.15, 0.2) is 42.5 Å². The van der Waals surface area contributed by atoms with Crippen LogP contribution in [0.2, 0.25) is 0 Å². The molecule has 2 heterocycles. The molecule has 2 N–H and O–H groups in total. The van der Waals surface area contributed by atoms with Crippen molar-refractivity contribution in [3.05, 3.63) is 70.7 Å². The molecule has 0 unspecified atom stereocenters. The molecule has 4 rings (SSSR count). The summed E-state index contributed by atoms with van der Waals surface area (Å²) in [7, 11) is 0. The summed E-state index contributed by atoms with van der Waals surface area (Å²) in [5, 5.41) is 12.0. The van der Waals surface area contributed by atoms with Crippen LogP contribution >= 0.6 is 0 Å². The van der Waals surface area contributed by atoms with Gasteiger partial charge in [0, 0.05) is 36.2 Å².